The van der Waals surface area contributed by atoms with E-state index >= 15 is 0 Å². The summed E-state index contributed by atoms with van der Waals surface area (Å²) in [7, 11) is 0. The van der Waals surface area contributed by atoms with Crippen LogP contribution in [0.4, 0.5) is 10.8 Å². The van der Waals surface area contributed by atoms with E-state index in [0.29, 0.717) is 23.0 Å². The molecule has 1 aromatic carbocycles. The van der Waals surface area contributed by atoms with Gasteiger partial charge in [-0.3, -0.25) is 14.4 Å². The van der Waals surface area contributed by atoms with Crippen molar-refractivity contribution in [1.29, 1.82) is 0 Å². The van der Waals surface area contributed by atoms with Gasteiger partial charge in [0.15, 0.2) is 6.61 Å². The highest BCUT2D eigenvalue weighted by molar-refractivity contribution is 7.15. The van der Waals surface area contributed by atoms with Gasteiger partial charge in [-0.2, -0.15) is 0 Å². The van der Waals surface area contributed by atoms with Gasteiger partial charge in [0.25, 0.3) is 5.91 Å². The van der Waals surface area contributed by atoms with Gasteiger partial charge < -0.3 is 20.1 Å². The summed E-state index contributed by atoms with van der Waals surface area (Å²) < 4.78 is 10.1. The average molecular weight is 477 g/mol. The highest BCUT2D eigenvalue weighted by Crippen LogP contribution is 2.14. The van der Waals surface area contributed by atoms with Gasteiger partial charge in [-0.05, 0) is 44.0 Å². The summed E-state index contributed by atoms with van der Waals surface area (Å²) in [5.74, 6) is -1.77. The van der Waals surface area contributed by atoms with E-state index in [4.69, 9.17) is 9.47 Å². The van der Waals surface area contributed by atoms with E-state index in [-0.39, 0.29) is 25.2 Å². The van der Waals surface area contributed by atoms with E-state index in [0.717, 1.165) is 24.3 Å². The van der Waals surface area contributed by atoms with Crippen LogP contribution in [0.3, 0.4) is 0 Å². The smallest absolute Gasteiger partial charge is 0.338 e. The molecule has 0 aliphatic carbocycles. The number of esters is 2. The van der Waals surface area contributed by atoms with Crippen molar-refractivity contribution in [2.45, 2.75) is 52.4 Å². The molecule has 11 heteroatoms. The highest BCUT2D eigenvalue weighted by atomic mass is 32.1. The maximum absolute atomic E-state index is 12.0. The summed E-state index contributed by atoms with van der Waals surface area (Å²) in [4.78, 5) is 47.5. The minimum atomic E-state index is -0.578. The van der Waals surface area contributed by atoms with Crippen LogP contribution in [0.1, 0.15) is 60.8 Å². The molecule has 0 spiro atoms. The van der Waals surface area contributed by atoms with Crippen molar-refractivity contribution in [1.82, 2.24) is 10.2 Å². The molecule has 2 rings (SSSR count). The number of nitrogens with one attached hydrogen (secondary N) is 2. The van der Waals surface area contributed by atoms with Gasteiger partial charge in [0.05, 0.1) is 12.2 Å². The summed E-state index contributed by atoms with van der Waals surface area (Å²) in [6, 6.07) is 6.25. The molecule has 10 nitrogen and oxygen atoms in total. The fourth-order valence-corrected chi connectivity index (χ4v) is 3.24. The molecule has 1 aromatic heterocycles. The number of anilines is 2. The number of amides is 2. The number of rotatable bonds is 13. The number of hydrogen-bond acceptors (Lipinski definition) is 9. The number of benzene rings is 1. The molecule has 1 heterocycles. The van der Waals surface area contributed by atoms with Crippen molar-refractivity contribution in [3.05, 3.63) is 34.8 Å². The molecule has 0 saturated carbocycles. The van der Waals surface area contributed by atoms with Crippen LogP contribution in [-0.2, 0) is 23.9 Å². The van der Waals surface area contributed by atoms with Crippen molar-refractivity contribution >= 4 is 45.9 Å². The van der Waals surface area contributed by atoms with Crippen LogP contribution in [-0.4, -0.2) is 47.2 Å². The molecule has 0 aliphatic heterocycles. The Morgan fingerprint density at radius 2 is 1.67 bits per heavy atom. The first-order valence-corrected chi connectivity index (χ1v) is 11.5. The lowest BCUT2D eigenvalue weighted by molar-refractivity contribution is -0.147. The normalized spacial score (nSPS) is 10.4. The lowest BCUT2D eigenvalue weighted by Gasteiger charge is -2.08. The number of aryl methyl sites for hydroxylation is 1. The number of aromatic nitrogens is 2. The van der Waals surface area contributed by atoms with Gasteiger partial charge in [-0.25, -0.2) is 4.79 Å². The third-order valence-electron chi connectivity index (χ3n) is 4.31. The molecule has 0 unspecified atom stereocenters. The maximum atomic E-state index is 12.0. The van der Waals surface area contributed by atoms with Gasteiger partial charge in [-0.15, -0.1) is 10.2 Å². The Hall–Kier alpha value is -3.34. The second-order valence-electron chi connectivity index (χ2n) is 7.16. The fraction of sp³-hybridized carbons (Fsp3) is 0.455. The fourth-order valence-electron chi connectivity index (χ4n) is 2.63. The third kappa shape index (κ3) is 10.2. The Bertz CT molecular complexity index is 945. The van der Waals surface area contributed by atoms with E-state index in [2.05, 4.69) is 27.8 Å². The summed E-state index contributed by atoms with van der Waals surface area (Å²) in [6.45, 7) is 3.78. The Balaban J connectivity index is 1.62. The molecule has 0 saturated heterocycles. The van der Waals surface area contributed by atoms with Crippen LogP contribution in [0.5, 0.6) is 0 Å². The zero-order chi connectivity index (χ0) is 24.1. The minimum Gasteiger partial charge on any atom is -0.462 e. The number of carbonyl (C=O) groups excluding carboxylic acids is 4. The highest BCUT2D eigenvalue weighted by Gasteiger charge is 2.12. The number of nitrogens with zero attached hydrogens (tertiary/aromatic N) is 2. The molecule has 33 heavy (non-hydrogen) atoms. The van der Waals surface area contributed by atoms with Crippen molar-refractivity contribution in [2.24, 2.45) is 0 Å². The van der Waals surface area contributed by atoms with Crippen molar-refractivity contribution < 1.29 is 28.7 Å². The summed E-state index contributed by atoms with van der Waals surface area (Å²) in [5.41, 5.74) is 0.850. The average Bonchev–Trinajstić information content (AvgIpc) is 3.20. The molecule has 0 radical (unpaired) electrons. The monoisotopic (exact) mass is 476 g/mol. The van der Waals surface area contributed by atoms with Crippen LogP contribution in [0.2, 0.25) is 0 Å². The quantitative estimate of drug-likeness (QED) is 0.331. The summed E-state index contributed by atoms with van der Waals surface area (Å²) in [5, 5.41) is 13.9. The van der Waals surface area contributed by atoms with Gasteiger partial charge in [-0.1, -0.05) is 31.1 Å². The molecule has 2 aromatic rings. The zero-order valence-corrected chi connectivity index (χ0v) is 19.5. The molecule has 0 aliphatic rings. The summed E-state index contributed by atoms with van der Waals surface area (Å²) >= 11 is 1.26. The zero-order valence-electron chi connectivity index (χ0n) is 18.7. The molecular weight excluding hydrogens is 448 g/mol. The predicted molar refractivity (Wildman–Crippen MR) is 123 cm³/mol. The molecule has 2 amide bonds. The largest absolute Gasteiger partial charge is 0.462 e. The lowest BCUT2D eigenvalue weighted by Crippen LogP contribution is -2.21. The van der Waals surface area contributed by atoms with Gasteiger partial charge in [0.1, 0.15) is 5.01 Å². The molecule has 178 valence electrons. The SMILES string of the molecule is CCCCCOC(=O)c1ccc(NC(=O)COC(=O)CCCC(=O)Nc2nnc(C)s2)cc1. The van der Waals surface area contributed by atoms with E-state index in [9.17, 15) is 19.2 Å². The maximum Gasteiger partial charge on any atom is 0.338 e. The van der Waals surface area contributed by atoms with E-state index < -0.39 is 24.5 Å². The van der Waals surface area contributed by atoms with Crippen molar-refractivity contribution in [3.8, 4) is 0 Å². The van der Waals surface area contributed by atoms with Crippen molar-refractivity contribution in [3.63, 3.8) is 0 Å². The predicted octanol–water partition coefficient (Wildman–Crippen LogP) is 3.48. The van der Waals surface area contributed by atoms with E-state index in [1.54, 1.807) is 31.2 Å². The molecule has 0 atom stereocenters. The standard InChI is InChI=1S/C22H28N4O6S/c1-3-4-5-13-31-21(30)16-9-11-17(12-10-16)23-19(28)14-32-20(29)8-6-7-18(27)24-22-26-25-15(2)33-22/h9-12H,3-8,13-14H2,1-2H3,(H,23,28)(H,24,26,27). The number of ether oxygens (including phenoxy) is 2. The molecular formula is C22H28N4O6S. The van der Waals surface area contributed by atoms with Gasteiger partial charge in [0.2, 0.25) is 11.0 Å². The first kappa shape index (κ1) is 25.9. The first-order chi connectivity index (χ1) is 15.9. The Kier molecular flexibility index (Phi) is 10.9. The van der Waals surface area contributed by atoms with Crippen LogP contribution in [0, 0.1) is 6.92 Å². The van der Waals surface area contributed by atoms with Crippen LogP contribution < -0.4 is 10.6 Å². The molecule has 2 N–H and O–H groups in total. The number of hydrogen-bond donors (Lipinski definition) is 2. The lowest BCUT2D eigenvalue weighted by atomic mass is 10.2. The molecule has 0 bridgehead atoms. The second-order valence-corrected chi connectivity index (χ2v) is 8.34. The third-order valence-corrected chi connectivity index (χ3v) is 5.06. The summed E-state index contributed by atoms with van der Waals surface area (Å²) in [6.07, 6.45) is 3.28. The van der Waals surface area contributed by atoms with Gasteiger partial charge >= 0.3 is 11.9 Å². The van der Waals surface area contributed by atoms with E-state index in [1.165, 1.54) is 11.3 Å². The Morgan fingerprint density at radius 3 is 2.33 bits per heavy atom. The Labute approximate surface area is 196 Å². The topological polar surface area (TPSA) is 137 Å². The number of unbranched alkanes of at least 4 members (excludes halogenated alkanes) is 2. The van der Waals surface area contributed by atoms with Gasteiger partial charge in [0, 0.05) is 18.5 Å². The Morgan fingerprint density at radius 1 is 0.909 bits per heavy atom. The van der Waals surface area contributed by atoms with E-state index in [1.807, 2.05) is 0 Å². The minimum absolute atomic E-state index is 0.00487. The molecule has 0 fully saturated rings. The second kappa shape index (κ2) is 13.9. The first-order valence-electron chi connectivity index (χ1n) is 10.7. The number of carbonyl (C=O) groups is 4. The van der Waals surface area contributed by atoms with Crippen LogP contribution >= 0.6 is 11.3 Å². The van der Waals surface area contributed by atoms with Crippen molar-refractivity contribution in [2.75, 3.05) is 23.8 Å². The van der Waals surface area contributed by atoms with Crippen LogP contribution in [0.25, 0.3) is 0 Å². The van der Waals surface area contributed by atoms with Crippen LogP contribution in [0.15, 0.2) is 24.3 Å².